The van der Waals surface area contributed by atoms with Gasteiger partial charge in [0.1, 0.15) is 0 Å². The minimum absolute atomic E-state index is 0.0489. The molecule has 1 fully saturated rings. The van der Waals surface area contributed by atoms with Gasteiger partial charge in [0.25, 0.3) is 0 Å². The van der Waals surface area contributed by atoms with Gasteiger partial charge in [-0.1, -0.05) is 0 Å². The summed E-state index contributed by atoms with van der Waals surface area (Å²) >= 11 is 0. The molecule has 1 atom stereocenters. The van der Waals surface area contributed by atoms with Crippen LogP contribution in [0.4, 0.5) is 11.4 Å². The van der Waals surface area contributed by atoms with E-state index in [0.29, 0.717) is 5.69 Å². The van der Waals surface area contributed by atoms with Crippen LogP contribution in [0.5, 0.6) is 0 Å². The highest BCUT2D eigenvalue weighted by Gasteiger charge is 2.37. The van der Waals surface area contributed by atoms with E-state index < -0.39 is 25.1 Å². The smallest absolute Gasteiger partial charge is 0.236 e. The monoisotopic (exact) mass is 316 g/mol. The topological polar surface area (TPSA) is 92.3 Å². The van der Waals surface area contributed by atoms with E-state index in [4.69, 9.17) is 0 Å². The third kappa shape index (κ3) is 2.62. The van der Waals surface area contributed by atoms with Gasteiger partial charge in [-0.15, -0.1) is 0 Å². The third-order valence-corrected chi connectivity index (χ3v) is 7.48. The summed E-state index contributed by atoms with van der Waals surface area (Å²) in [6.45, 7) is 0.854. The summed E-state index contributed by atoms with van der Waals surface area (Å²) in [5.74, 6) is -0.332. The average Bonchev–Trinajstić information content (AvgIpc) is 2.94. The summed E-state index contributed by atoms with van der Waals surface area (Å²) in [7, 11) is -6.86. The van der Waals surface area contributed by atoms with E-state index in [0.717, 1.165) is 24.2 Å². The molecule has 8 heteroatoms. The van der Waals surface area contributed by atoms with Gasteiger partial charge in [0, 0.05) is 17.9 Å². The predicted molar refractivity (Wildman–Crippen MR) is 78.2 cm³/mol. The van der Waals surface area contributed by atoms with Crippen molar-refractivity contribution in [3.05, 3.63) is 23.8 Å². The van der Waals surface area contributed by atoms with E-state index >= 15 is 0 Å². The van der Waals surface area contributed by atoms with Gasteiger partial charge >= 0.3 is 0 Å². The fraction of sp³-hybridized carbons (Fsp3) is 0.500. The van der Waals surface area contributed by atoms with E-state index in [9.17, 15) is 16.8 Å². The largest absolute Gasteiger partial charge is 0.384 e. The maximum atomic E-state index is 12.2. The molecule has 3 rings (SSSR count). The summed E-state index contributed by atoms with van der Waals surface area (Å²) in [6.07, 6.45) is 1.03. The van der Waals surface area contributed by atoms with Crippen molar-refractivity contribution >= 4 is 31.2 Å². The molecular weight excluding hydrogens is 300 g/mol. The Morgan fingerprint density at radius 3 is 2.80 bits per heavy atom. The van der Waals surface area contributed by atoms with Gasteiger partial charge in [-0.05, 0) is 36.6 Å². The second-order valence-corrected chi connectivity index (χ2v) is 9.41. The molecule has 1 aromatic rings. The summed E-state index contributed by atoms with van der Waals surface area (Å²) < 4.78 is 49.7. The van der Waals surface area contributed by atoms with Gasteiger partial charge in [0.2, 0.25) is 10.0 Å². The summed E-state index contributed by atoms with van der Waals surface area (Å²) in [5.41, 5.74) is 2.59. The van der Waals surface area contributed by atoms with Crippen molar-refractivity contribution in [3.63, 3.8) is 0 Å². The first-order valence-corrected chi connectivity index (χ1v) is 9.81. The van der Waals surface area contributed by atoms with Crippen LogP contribution in [0, 0.1) is 0 Å². The van der Waals surface area contributed by atoms with Crippen molar-refractivity contribution in [2.24, 2.45) is 0 Å². The number of rotatable bonds is 3. The van der Waals surface area contributed by atoms with Crippen LogP contribution in [0.3, 0.4) is 0 Å². The van der Waals surface area contributed by atoms with Crippen molar-refractivity contribution in [2.45, 2.75) is 18.1 Å². The Labute approximate surface area is 118 Å². The van der Waals surface area contributed by atoms with Crippen LogP contribution in [0.25, 0.3) is 0 Å². The van der Waals surface area contributed by atoms with Gasteiger partial charge in [0.05, 0.1) is 16.8 Å². The Kier molecular flexibility index (Phi) is 3.17. The SMILES string of the molecule is O=S1(=O)CCC(S(=O)(=O)Nc2ccc3c(c2)CCN3)C1. The van der Waals surface area contributed by atoms with Crippen LogP contribution in [0.2, 0.25) is 0 Å². The highest BCUT2D eigenvalue weighted by Crippen LogP contribution is 2.27. The lowest BCUT2D eigenvalue weighted by Gasteiger charge is -2.13. The summed E-state index contributed by atoms with van der Waals surface area (Å²) in [5, 5.41) is 2.35. The molecule has 1 aromatic carbocycles. The normalized spacial score (nSPS) is 24.1. The highest BCUT2D eigenvalue weighted by molar-refractivity contribution is 7.97. The maximum Gasteiger partial charge on any atom is 0.236 e. The standard InChI is InChI=1S/C12H16N2O4S2/c15-19(16)6-4-11(8-19)20(17,18)14-10-1-2-12-9(7-10)3-5-13-12/h1-2,7,11,13-14H,3-6,8H2. The molecule has 2 heterocycles. The Morgan fingerprint density at radius 2 is 2.10 bits per heavy atom. The maximum absolute atomic E-state index is 12.2. The molecule has 20 heavy (non-hydrogen) atoms. The van der Waals surface area contributed by atoms with Gasteiger partial charge in [-0.3, -0.25) is 4.72 Å². The molecule has 0 bridgehead atoms. The zero-order chi connectivity index (χ0) is 14.4. The second kappa shape index (κ2) is 4.63. The van der Waals surface area contributed by atoms with Crippen molar-refractivity contribution in [1.82, 2.24) is 0 Å². The average molecular weight is 316 g/mol. The van der Waals surface area contributed by atoms with Crippen LogP contribution in [-0.2, 0) is 26.3 Å². The molecule has 0 radical (unpaired) electrons. The molecule has 1 saturated heterocycles. The number of fused-ring (bicyclic) bond motifs is 1. The van der Waals surface area contributed by atoms with Gasteiger partial charge in [0.15, 0.2) is 9.84 Å². The van der Waals surface area contributed by atoms with E-state index in [2.05, 4.69) is 10.0 Å². The molecule has 0 amide bonds. The van der Waals surface area contributed by atoms with E-state index in [1.54, 1.807) is 12.1 Å². The molecule has 0 saturated carbocycles. The number of sulfonamides is 1. The number of hydrogen-bond donors (Lipinski definition) is 2. The molecule has 2 aliphatic rings. The highest BCUT2D eigenvalue weighted by atomic mass is 32.2. The summed E-state index contributed by atoms with van der Waals surface area (Å²) in [4.78, 5) is 0. The molecule has 0 aliphatic carbocycles. The van der Waals surface area contributed by atoms with Crippen LogP contribution in [0.15, 0.2) is 18.2 Å². The zero-order valence-electron chi connectivity index (χ0n) is 10.8. The Morgan fingerprint density at radius 1 is 1.30 bits per heavy atom. The minimum atomic E-state index is -3.65. The first kappa shape index (κ1) is 13.7. The van der Waals surface area contributed by atoms with Crippen LogP contribution < -0.4 is 10.0 Å². The molecule has 2 N–H and O–H groups in total. The van der Waals surface area contributed by atoms with Gasteiger partial charge < -0.3 is 5.32 Å². The first-order chi connectivity index (χ1) is 9.36. The number of benzene rings is 1. The van der Waals surface area contributed by atoms with Gasteiger partial charge in [-0.25, -0.2) is 16.8 Å². The first-order valence-electron chi connectivity index (χ1n) is 6.45. The predicted octanol–water partition coefficient (Wildman–Crippen LogP) is 0.583. The zero-order valence-corrected chi connectivity index (χ0v) is 12.4. The fourth-order valence-electron chi connectivity index (χ4n) is 2.62. The second-order valence-electron chi connectivity index (χ2n) is 5.22. The molecule has 0 spiro atoms. The lowest BCUT2D eigenvalue weighted by atomic mass is 10.1. The molecule has 110 valence electrons. The van der Waals surface area contributed by atoms with E-state index in [1.807, 2.05) is 6.07 Å². The molecule has 6 nitrogen and oxygen atoms in total. The van der Waals surface area contributed by atoms with Crippen molar-refractivity contribution in [3.8, 4) is 0 Å². The Balaban J connectivity index is 1.80. The molecule has 0 aromatic heterocycles. The number of sulfone groups is 1. The number of anilines is 2. The lowest BCUT2D eigenvalue weighted by molar-refractivity contribution is 0.587. The molecule has 1 unspecified atom stereocenters. The molecule has 2 aliphatic heterocycles. The van der Waals surface area contributed by atoms with E-state index in [-0.39, 0.29) is 17.9 Å². The summed E-state index contributed by atoms with van der Waals surface area (Å²) in [6, 6.07) is 5.33. The van der Waals surface area contributed by atoms with Crippen molar-refractivity contribution in [2.75, 3.05) is 28.1 Å². The van der Waals surface area contributed by atoms with Gasteiger partial charge in [-0.2, -0.15) is 0 Å². The van der Waals surface area contributed by atoms with E-state index in [1.165, 1.54) is 0 Å². The number of hydrogen-bond acceptors (Lipinski definition) is 5. The van der Waals surface area contributed by atoms with Crippen LogP contribution >= 0.6 is 0 Å². The molecular formula is C12H16N2O4S2. The lowest BCUT2D eigenvalue weighted by Crippen LogP contribution is -2.28. The Bertz CT molecular complexity index is 741. The van der Waals surface area contributed by atoms with Crippen molar-refractivity contribution < 1.29 is 16.8 Å². The van der Waals surface area contributed by atoms with Crippen molar-refractivity contribution in [1.29, 1.82) is 0 Å². The van der Waals surface area contributed by atoms with Crippen LogP contribution in [-0.4, -0.2) is 40.1 Å². The van der Waals surface area contributed by atoms with Crippen LogP contribution in [0.1, 0.15) is 12.0 Å². The number of nitrogens with one attached hydrogen (secondary N) is 2. The Hall–Kier alpha value is -1.28. The minimum Gasteiger partial charge on any atom is -0.384 e. The quantitative estimate of drug-likeness (QED) is 0.851. The third-order valence-electron chi connectivity index (χ3n) is 3.70. The fourth-order valence-corrected chi connectivity index (χ4v) is 6.70.